The van der Waals surface area contributed by atoms with E-state index in [-0.39, 0.29) is 17.8 Å². The van der Waals surface area contributed by atoms with Crippen molar-refractivity contribution in [3.8, 4) is 0 Å². The molecule has 2 amide bonds. The summed E-state index contributed by atoms with van der Waals surface area (Å²) >= 11 is 3.31. The van der Waals surface area contributed by atoms with Crippen LogP contribution in [-0.4, -0.2) is 32.5 Å². The summed E-state index contributed by atoms with van der Waals surface area (Å²) in [4.78, 5) is 11.6. The van der Waals surface area contributed by atoms with Gasteiger partial charge in [0.05, 0.1) is 5.75 Å². The number of halogens is 1. The van der Waals surface area contributed by atoms with Crippen LogP contribution in [0.5, 0.6) is 0 Å². The highest BCUT2D eigenvalue weighted by Crippen LogP contribution is 2.13. The number of urea groups is 1. The van der Waals surface area contributed by atoms with Crippen LogP contribution in [-0.2, 0) is 9.84 Å². The zero-order valence-electron chi connectivity index (χ0n) is 10.8. The summed E-state index contributed by atoms with van der Waals surface area (Å²) in [7, 11) is -3.00. The predicted molar refractivity (Wildman–Crippen MR) is 80.1 cm³/mol. The number of nitrogens with one attached hydrogen (secondary N) is 2. The first kappa shape index (κ1) is 16.0. The van der Waals surface area contributed by atoms with Crippen molar-refractivity contribution in [2.75, 3.05) is 17.3 Å². The molecule has 2 N–H and O–H groups in total. The zero-order valence-corrected chi connectivity index (χ0v) is 13.2. The van der Waals surface area contributed by atoms with Crippen LogP contribution in [0.25, 0.3) is 0 Å². The van der Waals surface area contributed by atoms with E-state index in [0.29, 0.717) is 12.1 Å². The molecule has 0 heterocycles. The molecule has 0 saturated heterocycles. The maximum Gasteiger partial charge on any atom is 0.319 e. The van der Waals surface area contributed by atoms with Crippen LogP contribution in [0.2, 0.25) is 0 Å². The maximum atomic E-state index is 11.6. The van der Waals surface area contributed by atoms with Gasteiger partial charge in [-0.2, -0.15) is 0 Å². The van der Waals surface area contributed by atoms with E-state index in [4.69, 9.17) is 0 Å². The minimum absolute atomic E-state index is 0.0622. The van der Waals surface area contributed by atoms with Crippen molar-refractivity contribution in [1.29, 1.82) is 0 Å². The lowest BCUT2D eigenvalue weighted by atomic mass is 10.3. The number of carbonyl (C=O) groups is 1. The van der Waals surface area contributed by atoms with Crippen molar-refractivity contribution in [3.63, 3.8) is 0 Å². The standard InChI is InChI=1S/C12H17BrN2O3S/c1-9(7-8-19(2,17)18)14-12(16)15-11-5-3-10(13)4-6-11/h3-6,9H,7-8H2,1-2H3,(H2,14,15,16)/t9-/m0/s1. The van der Waals surface area contributed by atoms with Crippen molar-refractivity contribution in [2.45, 2.75) is 19.4 Å². The van der Waals surface area contributed by atoms with Gasteiger partial charge in [-0.3, -0.25) is 0 Å². The van der Waals surface area contributed by atoms with Gasteiger partial charge < -0.3 is 10.6 Å². The molecule has 19 heavy (non-hydrogen) atoms. The van der Waals surface area contributed by atoms with E-state index >= 15 is 0 Å². The van der Waals surface area contributed by atoms with E-state index in [9.17, 15) is 13.2 Å². The molecule has 0 bridgehead atoms. The SMILES string of the molecule is C[C@@H](CCS(C)(=O)=O)NC(=O)Nc1ccc(Br)cc1. The molecular formula is C12H17BrN2O3S. The van der Waals surface area contributed by atoms with Crippen LogP contribution in [0.4, 0.5) is 10.5 Å². The highest BCUT2D eigenvalue weighted by Gasteiger charge is 2.10. The van der Waals surface area contributed by atoms with Crippen molar-refractivity contribution in [2.24, 2.45) is 0 Å². The van der Waals surface area contributed by atoms with Crippen LogP contribution < -0.4 is 10.6 Å². The Kier molecular flexibility index (Phi) is 5.81. The molecule has 7 heteroatoms. The second-order valence-electron chi connectivity index (χ2n) is 4.42. The lowest BCUT2D eigenvalue weighted by molar-refractivity contribution is 0.249. The number of amides is 2. The fourth-order valence-corrected chi connectivity index (χ4v) is 2.43. The van der Waals surface area contributed by atoms with Gasteiger partial charge in [-0.05, 0) is 37.6 Å². The molecule has 5 nitrogen and oxygen atoms in total. The number of benzene rings is 1. The first-order chi connectivity index (χ1) is 8.76. The normalized spacial score (nSPS) is 12.8. The summed E-state index contributed by atoms with van der Waals surface area (Å²) in [6.45, 7) is 1.77. The second-order valence-corrected chi connectivity index (χ2v) is 7.60. The Morgan fingerprint density at radius 2 is 1.89 bits per heavy atom. The lowest BCUT2D eigenvalue weighted by Gasteiger charge is -2.14. The number of hydrogen-bond acceptors (Lipinski definition) is 3. The average molecular weight is 349 g/mol. The Labute approximate surface area is 121 Å². The molecule has 1 atom stereocenters. The van der Waals surface area contributed by atoms with Gasteiger partial charge in [-0.25, -0.2) is 13.2 Å². The first-order valence-electron chi connectivity index (χ1n) is 5.77. The van der Waals surface area contributed by atoms with Gasteiger partial charge in [0.25, 0.3) is 0 Å². The number of rotatable bonds is 5. The van der Waals surface area contributed by atoms with Crippen molar-refractivity contribution in [1.82, 2.24) is 5.32 Å². The fourth-order valence-electron chi connectivity index (χ4n) is 1.39. The van der Waals surface area contributed by atoms with Gasteiger partial charge in [0.2, 0.25) is 0 Å². The summed E-state index contributed by atoms with van der Waals surface area (Å²) in [5.41, 5.74) is 0.677. The molecule has 1 aromatic rings. The molecule has 0 aliphatic rings. The quantitative estimate of drug-likeness (QED) is 0.857. The molecule has 1 aromatic carbocycles. The molecule has 0 saturated carbocycles. The van der Waals surface area contributed by atoms with E-state index in [2.05, 4.69) is 26.6 Å². The topological polar surface area (TPSA) is 75.3 Å². The lowest BCUT2D eigenvalue weighted by Crippen LogP contribution is -2.37. The zero-order chi connectivity index (χ0) is 14.5. The Hall–Kier alpha value is -1.08. The predicted octanol–water partition coefficient (Wildman–Crippen LogP) is 2.39. The van der Waals surface area contributed by atoms with Crippen LogP contribution >= 0.6 is 15.9 Å². The fraction of sp³-hybridized carbons (Fsp3) is 0.417. The first-order valence-corrected chi connectivity index (χ1v) is 8.62. The van der Waals surface area contributed by atoms with E-state index in [1.807, 2.05) is 12.1 Å². The Morgan fingerprint density at radius 3 is 2.42 bits per heavy atom. The third-order valence-corrected chi connectivity index (χ3v) is 3.91. The Bertz CT molecular complexity index is 528. The summed E-state index contributed by atoms with van der Waals surface area (Å²) in [6, 6.07) is 6.63. The highest BCUT2D eigenvalue weighted by molar-refractivity contribution is 9.10. The van der Waals surface area contributed by atoms with Gasteiger partial charge in [-0.15, -0.1) is 0 Å². The van der Waals surface area contributed by atoms with Crippen LogP contribution in [0.15, 0.2) is 28.7 Å². The molecule has 0 spiro atoms. The summed E-state index contributed by atoms with van der Waals surface area (Å²) in [6.07, 6.45) is 1.58. The minimum Gasteiger partial charge on any atom is -0.335 e. The summed E-state index contributed by atoms with van der Waals surface area (Å²) < 4.78 is 23.0. The number of sulfone groups is 1. The molecule has 0 radical (unpaired) electrons. The van der Waals surface area contributed by atoms with Gasteiger partial charge in [0.15, 0.2) is 0 Å². The molecule has 0 aliphatic carbocycles. The maximum absolute atomic E-state index is 11.6. The van der Waals surface area contributed by atoms with E-state index in [1.54, 1.807) is 19.1 Å². The molecule has 0 aliphatic heterocycles. The number of carbonyl (C=O) groups excluding carboxylic acids is 1. The molecule has 1 rings (SSSR count). The molecule has 0 fully saturated rings. The molecule has 106 valence electrons. The monoisotopic (exact) mass is 348 g/mol. The second kappa shape index (κ2) is 6.91. The number of hydrogen-bond donors (Lipinski definition) is 2. The van der Waals surface area contributed by atoms with Gasteiger partial charge in [0.1, 0.15) is 9.84 Å². The van der Waals surface area contributed by atoms with Gasteiger partial charge in [0, 0.05) is 22.5 Å². The Morgan fingerprint density at radius 1 is 1.32 bits per heavy atom. The average Bonchev–Trinajstić information content (AvgIpc) is 2.29. The third kappa shape index (κ3) is 7.17. The van der Waals surface area contributed by atoms with Crippen molar-refractivity contribution < 1.29 is 13.2 Å². The minimum atomic E-state index is -3.00. The summed E-state index contributed by atoms with van der Waals surface area (Å²) in [5, 5.41) is 5.37. The van der Waals surface area contributed by atoms with E-state index in [1.165, 1.54) is 6.26 Å². The molecule has 0 aromatic heterocycles. The Balaban J connectivity index is 2.40. The molecule has 0 unspecified atom stereocenters. The van der Waals surface area contributed by atoms with Crippen molar-refractivity contribution in [3.05, 3.63) is 28.7 Å². The van der Waals surface area contributed by atoms with Crippen molar-refractivity contribution >= 4 is 37.5 Å². The van der Waals surface area contributed by atoms with Gasteiger partial charge in [-0.1, -0.05) is 15.9 Å². The van der Waals surface area contributed by atoms with E-state index < -0.39 is 9.84 Å². The summed E-state index contributed by atoms with van der Waals surface area (Å²) in [5.74, 6) is 0.0622. The number of anilines is 1. The largest absolute Gasteiger partial charge is 0.335 e. The van der Waals surface area contributed by atoms with Crippen LogP contribution in [0.1, 0.15) is 13.3 Å². The van der Waals surface area contributed by atoms with Crippen LogP contribution in [0, 0.1) is 0 Å². The van der Waals surface area contributed by atoms with E-state index in [0.717, 1.165) is 4.47 Å². The highest BCUT2D eigenvalue weighted by atomic mass is 79.9. The van der Waals surface area contributed by atoms with Gasteiger partial charge >= 0.3 is 6.03 Å². The van der Waals surface area contributed by atoms with Crippen LogP contribution in [0.3, 0.4) is 0 Å². The smallest absolute Gasteiger partial charge is 0.319 e. The molecular weight excluding hydrogens is 332 g/mol. The third-order valence-electron chi connectivity index (χ3n) is 2.40.